The van der Waals surface area contributed by atoms with E-state index in [1.807, 2.05) is 18.2 Å². The molecule has 62 valence electrons. The van der Waals surface area contributed by atoms with Gasteiger partial charge in [0.05, 0.1) is 17.0 Å². The van der Waals surface area contributed by atoms with E-state index in [2.05, 4.69) is 4.99 Å². The van der Waals surface area contributed by atoms with E-state index in [4.69, 9.17) is 5.73 Å². The summed E-state index contributed by atoms with van der Waals surface area (Å²) in [5, 5.41) is 0. The zero-order chi connectivity index (χ0) is 9.00. The van der Waals surface area contributed by atoms with Crippen molar-refractivity contribution in [2.24, 2.45) is 10.7 Å². The molecule has 1 aromatic rings. The molecule has 1 heterocycles. The molecule has 1 aromatic carbocycles. The molecular formula is C10H6N2O. The zero-order valence-electron chi connectivity index (χ0n) is 6.74. The van der Waals surface area contributed by atoms with Crippen LogP contribution in [0.3, 0.4) is 0 Å². The molecule has 0 fully saturated rings. The van der Waals surface area contributed by atoms with Crippen LogP contribution in [-0.2, 0) is 0 Å². The maximum Gasteiger partial charge on any atom is 0.250 e. The fourth-order valence-electron chi connectivity index (χ4n) is 1.79. The number of nitrogens with two attached hydrogens (primary N) is 1. The summed E-state index contributed by atoms with van der Waals surface area (Å²) < 4.78 is 0. The largest absolute Gasteiger partial charge is 0.366 e. The molecule has 0 saturated carbocycles. The van der Waals surface area contributed by atoms with Gasteiger partial charge in [-0.3, -0.25) is 4.79 Å². The van der Waals surface area contributed by atoms with Crippen LogP contribution in [0.15, 0.2) is 23.2 Å². The summed E-state index contributed by atoms with van der Waals surface area (Å²) in [4.78, 5) is 15.3. The van der Waals surface area contributed by atoms with Gasteiger partial charge in [0.2, 0.25) is 0 Å². The Morgan fingerprint density at radius 2 is 2.15 bits per heavy atom. The minimum absolute atomic E-state index is 0.414. The van der Waals surface area contributed by atoms with Gasteiger partial charge in [0.15, 0.2) is 0 Å². The first-order chi connectivity index (χ1) is 6.27. The van der Waals surface area contributed by atoms with Crippen molar-refractivity contribution in [3.63, 3.8) is 0 Å². The summed E-state index contributed by atoms with van der Waals surface area (Å²) in [5.74, 6) is -0.414. The second kappa shape index (κ2) is 1.88. The molecule has 4 bridgehead atoms. The number of hydrogen-bond acceptors (Lipinski definition) is 2. The third-order valence-electron chi connectivity index (χ3n) is 2.40. The predicted molar refractivity (Wildman–Crippen MR) is 50.2 cm³/mol. The lowest BCUT2D eigenvalue weighted by Crippen LogP contribution is -2.11. The number of hydrogen-bond donors (Lipinski definition) is 1. The van der Waals surface area contributed by atoms with Crippen molar-refractivity contribution in [1.29, 1.82) is 0 Å². The molecule has 2 N–H and O–H groups in total. The van der Waals surface area contributed by atoms with E-state index in [1.165, 1.54) is 0 Å². The highest BCUT2D eigenvalue weighted by molar-refractivity contribution is 6.24. The van der Waals surface area contributed by atoms with Crippen molar-refractivity contribution < 1.29 is 4.79 Å². The van der Waals surface area contributed by atoms with Crippen LogP contribution in [0.2, 0.25) is 0 Å². The number of carbonyl (C=O) groups excluding carboxylic acids is 1. The second-order valence-electron chi connectivity index (χ2n) is 3.12. The summed E-state index contributed by atoms with van der Waals surface area (Å²) in [7, 11) is 0. The average Bonchev–Trinajstić information content (AvgIpc) is 2.59. The SMILES string of the molecule is NC(=O)c1ccc2c3c1N=C2C=C3. The van der Waals surface area contributed by atoms with Crippen molar-refractivity contribution >= 4 is 23.4 Å². The van der Waals surface area contributed by atoms with Crippen LogP contribution in [0.25, 0.3) is 6.08 Å². The van der Waals surface area contributed by atoms with Crippen molar-refractivity contribution in [1.82, 2.24) is 0 Å². The van der Waals surface area contributed by atoms with E-state index < -0.39 is 5.91 Å². The Balaban J connectivity index is 2.39. The minimum Gasteiger partial charge on any atom is -0.366 e. The Labute approximate surface area is 74.6 Å². The van der Waals surface area contributed by atoms with Crippen LogP contribution in [0.1, 0.15) is 21.5 Å². The zero-order valence-corrected chi connectivity index (χ0v) is 6.74. The molecule has 2 aliphatic rings. The molecule has 0 saturated heterocycles. The van der Waals surface area contributed by atoms with Gasteiger partial charge in [-0.2, -0.15) is 0 Å². The minimum atomic E-state index is -0.414. The van der Waals surface area contributed by atoms with Gasteiger partial charge in [-0.15, -0.1) is 0 Å². The van der Waals surface area contributed by atoms with Crippen molar-refractivity contribution in [3.05, 3.63) is 34.9 Å². The molecule has 0 aromatic heterocycles. The van der Waals surface area contributed by atoms with Gasteiger partial charge in [-0.25, -0.2) is 4.99 Å². The maximum absolute atomic E-state index is 11.0. The quantitative estimate of drug-likeness (QED) is 0.677. The van der Waals surface area contributed by atoms with Gasteiger partial charge in [0.1, 0.15) is 0 Å². The van der Waals surface area contributed by atoms with E-state index in [9.17, 15) is 4.79 Å². The molecule has 1 amide bonds. The van der Waals surface area contributed by atoms with Crippen LogP contribution in [0.5, 0.6) is 0 Å². The molecule has 0 unspecified atom stereocenters. The molecule has 3 heteroatoms. The van der Waals surface area contributed by atoms with E-state index in [0.717, 1.165) is 22.5 Å². The Hall–Kier alpha value is -1.90. The van der Waals surface area contributed by atoms with Crippen LogP contribution in [-0.4, -0.2) is 11.6 Å². The Bertz CT molecular complexity index is 498. The molecule has 1 aliphatic heterocycles. The van der Waals surface area contributed by atoms with Crippen molar-refractivity contribution in [2.45, 2.75) is 0 Å². The topological polar surface area (TPSA) is 55.5 Å². The maximum atomic E-state index is 11.0. The molecule has 13 heavy (non-hydrogen) atoms. The molecule has 1 aliphatic carbocycles. The number of nitrogens with zero attached hydrogens (tertiary/aromatic N) is 1. The smallest absolute Gasteiger partial charge is 0.250 e. The second-order valence-corrected chi connectivity index (χ2v) is 3.12. The average molecular weight is 170 g/mol. The summed E-state index contributed by atoms with van der Waals surface area (Å²) in [6.07, 6.45) is 3.92. The third kappa shape index (κ3) is 0.643. The first-order valence-corrected chi connectivity index (χ1v) is 4.01. The number of benzene rings is 1. The normalized spacial score (nSPS) is 14.9. The predicted octanol–water partition coefficient (Wildman–Crippen LogP) is 1.25. The number of aliphatic imine (C=N–C) groups is 1. The van der Waals surface area contributed by atoms with Gasteiger partial charge >= 0.3 is 0 Å². The lowest BCUT2D eigenvalue weighted by atomic mass is 10.1. The van der Waals surface area contributed by atoms with Crippen molar-refractivity contribution in [2.75, 3.05) is 0 Å². The number of amides is 1. The number of rotatable bonds is 1. The number of allylic oxidation sites excluding steroid dienone is 1. The summed E-state index contributed by atoms with van der Waals surface area (Å²) in [6.45, 7) is 0. The number of carbonyl (C=O) groups is 1. The molecular weight excluding hydrogens is 164 g/mol. The lowest BCUT2D eigenvalue weighted by Gasteiger charge is -2.01. The Morgan fingerprint density at radius 1 is 1.31 bits per heavy atom. The van der Waals surface area contributed by atoms with Crippen LogP contribution >= 0.6 is 0 Å². The molecule has 0 radical (unpaired) electrons. The molecule has 3 nitrogen and oxygen atoms in total. The monoisotopic (exact) mass is 170 g/mol. The summed E-state index contributed by atoms with van der Waals surface area (Å²) in [5.41, 5.74) is 9.56. The van der Waals surface area contributed by atoms with Crippen LogP contribution < -0.4 is 5.73 Å². The Morgan fingerprint density at radius 3 is 2.92 bits per heavy atom. The van der Waals surface area contributed by atoms with Crippen LogP contribution in [0, 0.1) is 0 Å². The Kier molecular flexibility index (Phi) is 0.953. The highest BCUT2D eigenvalue weighted by Crippen LogP contribution is 2.39. The van der Waals surface area contributed by atoms with Gasteiger partial charge in [0.25, 0.3) is 5.91 Å². The van der Waals surface area contributed by atoms with E-state index in [0.29, 0.717) is 5.56 Å². The van der Waals surface area contributed by atoms with Gasteiger partial charge in [0, 0.05) is 11.1 Å². The van der Waals surface area contributed by atoms with Gasteiger partial charge < -0.3 is 5.73 Å². The highest BCUT2D eigenvalue weighted by Gasteiger charge is 2.25. The van der Waals surface area contributed by atoms with E-state index >= 15 is 0 Å². The van der Waals surface area contributed by atoms with Gasteiger partial charge in [-0.1, -0.05) is 6.07 Å². The third-order valence-corrected chi connectivity index (χ3v) is 2.40. The molecule has 0 spiro atoms. The molecule has 3 rings (SSSR count). The fraction of sp³-hybridized carbons (Fsp3) is 0. The van der Waals surface area contributed by atoms with E-state index in [1.54, 1.807) is 6.07 Å². The standard InChI is InChI=1S/C10H6N2O/c11-10(13)7-2-1-5-6-3-4-8(5)12-9(6)7/h1-4H,(H2,11,13). The first-order valence-electron chi connectivity index (χ1n) is 4.01. The van der Waals surface area contributed by atoms with Gasteiger partial charge in [-0.05, 0) is 18.2 Å². The molecule has 0 atom stereocenters. The first kappa shape index (κ1) is 6.60. The van der Waals surface area contributed by atoms with Crippen LogP contribution in [0.4, 0.5) is 5.69 Å². The highest BCUT2D eigenvalue weighted by atomic mass is 16.1. The summed E-state index contributed by atoms with van der Waals surface area (Å²) in [6, 6.07) is 3.63. The van der Waals surface area contributed by atoms with Crippen molar-refractivity contribution in [3.8, 4) is 0 Å². The number of primary amides is 1. The fourth-order valence-corrected chi connectivity index (χ4v) is 1.79. The van der Waals surface area contributed by atoms with E-state index in [-0.39, 0.29) is 0 Å². The summed E-state index contributed by atoms with van der Waals surface area (Å²) >= 11 is 0. The lowest BCUT2D eigenvalue weighted by molar-refractivity contribution is 0.100.